The van der Waals surface area contributed by atoms with Crippen molar-refractivity contribution in [3.8, 4) is 0 Å². The van der Waals surface area contributed by atoms with Gasteiger partial charge in [0.15, 0.2) is 11.9 Å². The Hall–Kier alpha value is -1.73. The Morgan fingerprint density at radius 2 is 1.68 bits per heavy atom. The number of hydrogen-bond donors (Lipinski definition) is 0. The van der Waals surface area contributed by atoms with E-state index in [9.17, 15) is 18.0 Å². The summed E-state index contributed by atoms with van der Waals surface area (Å²) in [5.74, 6) is -0.619. The van der Waals surface area contributed by atoms with E-state index in [2.05, 4.69) is 0 Å². The Morgan fingerprint density at radius 3 is 2.32 bits per heavy atom. The summed E-state index contributed by atoms with van der Waals surface area (Å²) >= 11 is 0. The third kappa shape index (κ3) is 4.10. The van der Waals surface area contributed by atoms with Gasteiger partial charge in [0.1, 0.15) is 0 Å². The minimum Gasteiger partial charge on any atom is -0.451 e. The average Bonchev–Trinajstić information content (AvgIpc) is 2.64. The van der Waals surface area contributed by atoms with Crippen LogP contribution < -0.4 is 0 Å². The van der Waals surface area contributed by atoms with E-state index in [0.29, 0.717) is 25.9 Å². The van der Waals surface area contributed by atoms with Crippen molar-refractivity contribution < 1.29 is 22.7 Å². The van der Waals surface area contributed by atoms with Crippen LogP contribution in [0.4, 0.5) is 0 Å². The molecule has 1 aromatic rings. The topological polar surface area (TPSA) is 80.8 Å². The fourth-order valence-electron chi connectivity index (χ4n) is 3.29. The highest BCUT2D eigenvalue weighted by Crippen LogP contribution is 2.22. The van der Waals surface area contributed by atoms with Gasteiger partial charge in [-0.2, -0.15) is 4.31 Å². The van der Waals surface area contributed by atoms with Crippen molar-refractivity contribution in [1.82, 2.24) is 4.31 Å². The normalized spacial score (nSPS) is 22.6. The van der Waals surface area contributed by atoms with Crippen molar-refractivity contribution in [2.45, 2.75) is 55.9 Å². The monoisotopic (exact) mass is 365 g/mol. The second-order valence-electron chi connectivity index (χ2n) is 6.60. The smallest absolute Gasteiger partial charge is 0.338 e. The number of piperidine rings is 1. The van der Waals surface area contributed by atoms with E-state index < -0.39 is 22.1 Å². The van der Waals surface area contributed by atoms with Gasteiger partial charge in [-0.05, 0) is 56.4 Å². The SMILES string of the molecule is O=C(O[C@H]1CCCCC1=O)c1ccc(S(=O)(=O)N2CCCCC2)cc1. The lowest BCUT2D eigenvalue weighted by atomic mass is 9.96. The largest absolute Gasteiger partial charge is 0.451 e. The van der Waals surface area contributed by atoms with Gasteiger partial charge in [-0.3, -0.25) is 4.79 Å². The number of ether oxygens (including phenoxy) is 1. The van der Waals surface area contributed by atoms with Crippen LogP contribution in [0.5, 0.6) is 0 Å². The van der Waals surface area contributed by atoms with Crippen molar-refractivity contribution >= 4 is 21.8 Å². The molecular weight excluding hydrogens is 342 g/mol. The molecule has 25 heavy (non-hydrogen) atoms. The lowest BCUT2D eigenvalue weighted by molar-refractivity contribution is -0.129. The number of hydrogen-bond acceptors (Lipinski definition) is 5. The number of rotatable bonds is 4. The van der Waals surface area contributed by atoms with E-state index in [-0.39, 0.29) is 16.2 Å². The molecule has 0 aromatic heterocycles. The zero-order valence-electron chi connectivity index (χ0n) is 14.1. The Labute approximate surface area is 148 Å². The molecule has 1 saturated heterocycles. The molecule has 1 atom stereocenters. The molecule has 0 N–H and O–H groups in total. The number of sulfonamides is 1. The first-order valence-corrected chi connectivity index (χ1v) is 10.3. The average molecular weight is 365 g/mol. The van der Waals surface area contributed by atoms with Gasteiger partial charge in [-0.1, -0.05) is 6.42 Å². The lowest BCUT2D eigenvalue weighted by Gasteiger charge is -2.25. The minimum absolute atomic E-state index is 0.0381. The Bertz CT molecular complexity index is 735. The molecule has 1 saturated carbocycles. The van der Waals surface area contributed by atoms with Crippen LogP contribution in [0.15, 0.2) is 29.2 Å². The number of ketones is 1. The van der Waals surface area contributed by atoms with E-state index in [4.69, 9.17) is 4.74 Å². The summed E-state index contributed by atoms with van der Waals surface area (Å²) in [4.78, 5) is 24.1. The molecule has 1 aliphatic heterocycles. The minimum atomic E-state index is -3.51. The summed E-state index contributed by atoms with van der Waals surface area (Å²) in [5, 5.41) is 0. The van der Waals surface area contributed by atoms with E-state index in [0.717, 1.165) is 32.1 Å². The Morgan fingerprint density at radius 1 is 1.00 bits per heavy atom. The predicted octanol–water partition coefficient (Wildman–Crippen LogP) is 2.53. The predicted molar refractivity (Wildman–Crippen MR) is 91.7 cm³/mol. The van der Waals surface area contributed by atoms with Crippen molar-refractivity contribution in [2.24, 2.45) is 0 Å². The molecule has 0 bridgehead atoms. The van der Waals surface area contributed by atoms with Crippen molar-refractivity contribution in [1.29, 1.82) is 0 Å². The Kier molecular flexibility index (Phi) is 5.54. The maximum atomic E-state index is 12.6. The molecule has 0 amide bonds. The molecule has 136 valence electrons. The molecule has 2 fully saturated rings. The van der Waals surface area contributed by atoms with Gasteiger partial charge in [-0.25, -0.2) is 13.2 Å². The highest BCUT2D eigenvalue weighted by Gasteiger charge is 2.28. The third-order valence-corrected chi connectivity index (χ3v) is 6.70. The number of carbonyl (C=O) groups is 2. The molecule has 1 heterocycles. The van der Waals surface area contributed by atoms with Crippen molar-refractivity contribution in [2.75, 3.05) is 13.1 Å². The van der Waals surface area contributed by atoms with Crippen LogP contribution in [0.25, 0.3) is 0 Å². The molecule has 2 aliphatic rings. The Balaban J connectivity index is 1.69. The zero-order valence-corrected chi connectivity index (χ0v) is 15.0. The number of benzene rings is 1. The number of Topliss-reactive ketones (excluding diaryl/α,β-unsaturated/α-hetero) is 1. The molecule has 1 aromatic carbocycles. The van der Waals surface area contributed by atoms with Crippen LogP contribution in [0.1, 0.15) is 55.3 Å². The van der Waals surface area contributed by atoms with Crippen LogP contribution in [0.3, 0.4) is 0 Å². The fourth-order valence-corrected chi connectivity index (χ4v) is 4.81. The maximum Gasteiger partial charge on any atom is 0.338 e. The van der Waals surface area contributed by atoms with Crippen LogP contribution in [0, 0.1) is 0 Å². The van der Waals surface area contributed by atoms with Crippen molar-refractivity contribution in [3.63, 3.8) is 0 Å². The summed E-state index contributed by atoms with van der Waals surface area (Å²) < 4.78 is 32.0. The number of esters is 1. The van der Waals surface area contributed by atoms with Gasteiger partial charge >= 0.3 is 5.97 Å². The standard InChI is InChI=1S/C18H23NO5S/c20-16-6-2-3-7-17(16)24-18(21)14-8-10-15(11-9-14)25(22,23)19-12-4-1-5-13-19/h8-11,17H,1-7,12-13H2/t17-/m0/s1. The molecule has 0 spiro atoms. The fraction of sp³-hybridized carbons (Fsp3) is 0.556. The van der Waals surface area contributed by atoms with E-state index in [1.165, 1.54) is 28.6 Å². The number of nitrogens with zero attached hydrogens (tertiary/aromatic N) is 1. The zero-order chi connectivity index (χ0) is 17.9. The molecular formula is C18H23NO5S. The molecule has 7 heteroatoms. The van der Waals surface area contributed by atoms with Gasteiger partial charge in [0.2, 0.25) is 10.0 Å². The van der Waals surface area contributed by atoms with Crippen molar-refractivity contribution in [3.05, 3.63) is 29.8 Å². The van der Waals surface area contributed by atoms with Crippen LogP contribution in [0.2, 0.25) is 0 Å². The molecule has 0 unspecified atom stereocenters. The summed E-state index contributed by atoms with van der Waals surface area (Å²) in [5.41, 5.74) is 0.260. The van der Waals surface area contributed by atoms with E-state index in [1.807, 2.05) is 0 Å². The van der Waals surface area contributed by atoms with E-state index in [1.54, 1.807) is 0 Å². The van der Waals surface area contributed by atoms with Crippen LogP contribution in [-0.4, -0.2) is 43.7 Å². The summed E-state index contributed by atoms with van der Waals surface area (Å²) in [6.45, 7) is 1.08. The van der Waals surface area contributed by atoms with Gasteiger partial charge in [0, 0.05) is 19.5 Å². The van der Waals surface area contributed by atoms with E-state index >= 15 is 0 Å². The highest BCUT2D eigenvalue weighted by atomic mass is 32.2. The van der Waals surface area contributed by atoms with Gasteiger partial charge < -0.3 is 4.74 Å². The quantitative estimate of drug-likeness (QED) is 0.766. The highest BCUT2D eigenvalue weighted by molar-refractivity contribution is 7.89. The van der Waals surface area contributed by atoms with Crippen LogP contribution >= 0.6 is 0 Å². The lowest BCUT2D eigenvalue weighted by Crippen LogP contribution is -2.35. The molecule has 1 aliphatic carbocycles. The first kappa shape index (κ1) is 18.1. The van der Waals surface area contributed by atoms with Crippen LogP contribution in [-0.2, 0) is 19.6 Å². The first-order valence-electron chi connectivity index (χ1n) is 8.82. The molecule has 3 rings (SSSR count). The van der Waals surface area contributed by atoms with Gasteiger partial charge in [0.25, 0.3) is 0 Å². The van der Waals surface area contributed by atoms with Gasteiger partial charge in [-0.15, -0.1) is 0 Å². The summed E-state index contributed by atoms with van der Waals surface area (Å²) in [6, 6.07) is 5.77. The first-order chi connectivity index (χ1) is 12.0. The molecule has 0 radical (unpaired) electrons. The summed E-state index contributed by atoms with van der Waals surface area (Å²) in [7, 11) is -3.51. The second-order valence-corrected chi connectivity index (χ2v) is 8.53. The molecule has 6 nitrogen and oxygen atoms in total. The summed E-state index contributed by atoms with van der Waals surface area (Å²) in [6.07, 6.45) is 4.86. The maximum absolute atomic E-state index is 12.6. The number of carbonyl (C=O) groups excluding carboxylic acids is 2. The third-order valence-electron chi connectivity index (χ3n) is 4.79. The van der Waals surface area contributed by atoms with Gasteiger partial charge in [0.05, 0.1) is 10.5 Å². The second kappa shape index (κ2) is 7.66.